The second-order valence-electron chi connectivity index (χ2n) is 6.75. The molecule has 0 unspecified atom stereocenters. The van der Waals surface area contributed by atoms with Crippen LogP contribution in [0.4, 0.5) is 0 Å². The molecule has 4 heteroatoms. The van der Waals surface area contributed by atoms with Crippen LogP contribution in [0.1, 0.15) is 33.5 Å². The molecule has 0 radical (unpaired) electrons. The lowest BCUT2D eigenvalue weighted by molar-refractivity contribution is 0.0953. The van der Waals surface area contributed by atoms with Gasteiger partial charge < -0.3 is 5.32 Å². The van der Waals surface area contributed by atoms with E-state index in [4.69, 9.17) is 11.6 Å². The largest absolute Gasteiger partial charge is 0.352 e. The van der Waals surface area contributed by atoms with Gasteiger partial charge in [0.1, 0.15) is 0 Å². The molecule has 0 saturated heterocycles. The number of aryl methyl sites for hydroxylation is 2. The molecule has 144 valence electrons. The number of hydrogen-bond donors (Lipinski definition) is 1. The number of carbonyl (C=O) groups excluding carboxylic acids is 1. The topological polar surface area (TPSA) is 29.1 Å². The van der Waals surface area contributed by atoms with Crippen molar-refractivity contribution < 1.29 is 4.79 Å². The van der Waals surface area contributed by atoms with Crippen molar-refractivity contribution in [3.8, 4) is 0 Å². The maximum absolute atomic E-state index is 12.3. The highest BCUT2D eigenvalue weighted by atomic mass is 35.5. The van der Waals surface area contributed by atoms with Crippen LogP contribution >= 0.6 is 23.4 Å². The fraction of sp³-hybridized carbons (Fsp3) is 0.208. The fourth-order valence-corrected chi connectivity index (χ4v) is 3.92. The minimum atomic E-state index is -0.0307. The molecule has 0 aromatic heterocycles. The Hall–Kier alpha value is -2.23. The molecule has 0 aliphatic heterocycles. The van der Waals surface area contributed by atoms with Crippen molar-refractivity contribution in [1.29, 1.82) is 0 Å². The van der Waals surface area contributed by atoms with Gasteiger partial charge in [0.2, 0.25) is 0 Å². The van der Waals surface area contributed by atoms with Gasteiger partial charge in [-0.3, -0.25) is 4.79 Å². The second-order valence-corrected chi connectivity index (χ2v) is 8.21. The second kappa shape index (κ2) is 10.4. The number of hydrogen-bond acceptors (Lipinski definition) is 2. The molecule has 0 fully saturated rings. The summed E-state index contributed by atoms with van der Waals surface area (Å²) < 4.78 is 0. The van der Waals surface area contributed by atoms with Crippen molar-refractivity contribution in [2.24, 2.45) is 0 Å². The van der Waals surface area contributed by atoms with Gasteiger partial charge in [0.25, 0.3) is 5.91 Å². The molecule has 1 N–H and O–H groups in total. The highest BCUT2D eigenvalue weighted by molar-refractivity contribution is 7.98. The SMILES string of the molecule is Cc1ccc(SCc2ccc(C(=O)NCCCc3ccccc3Cl)cc2)cc1. The van der Waals surface area contributed by atoms with Gasteiger partial charge in [0, 0.05) is 27.8 Å². The van der Waals surface area contributed by atoms with E-state index in [-0.39, 0.29) is 5.91 Å². The lowest BCUT2D eigenvalue weighted by Gasteiger charge is -2.08. The molecule has 0 atom stereocenters. The van der Waals surface area contributed by atoms with Crippen LogP contribution in [-0.4, -0.2) is 12.5 Å². The van der Waals surface area contributed by atoms with Gasteiger partial charge in [-0.2, -0.15) is 0 Å². The fourth-order valence-electron chi connectivity index (χ4n) is 2.84. The summed E-state index contributed by atoms with van der Waals surface area (Å²) in [6.45, 7) is 2.73. The molecule has 3 aromatic carbocycles. The number of benzene rings is 3. The average Bonchev–Trinajstić information content (AvgIpc) is 2.72. The third-order valence-electron chi connectivity index (χ3n) is 4.51. The van der Waals surface area contributed by atoms with Crippen LogP contribution < -0.4 is 5.32 Å². The summed E-state index contributed by atoms with van der Waals surface area (Å²) in [5, 5.41) is 3.77. The third kappa shape index (κ3) is 6.15. The number of carbonyl (C=O) groups is 1. The predicted octanol–water partition coefficient (Wildman–Crippen LogP) is 6.30. The lowest BCUT2D eigenvalue weighted by Crippen LogP contribution is -2.24. The molecule has 2 nitrogen and oxygen atoms in total. The molecule has 0 bridgehead atoms. The zero-order valence-electron chi connectivity index (χ0n) is 16.0. The maximum atomic E-state index is 12.3. The minimum absolute atomic E-state index is 0.0307. The highest BCUT2D eigenvalue weighted by Gasteiger charge is 2.06. The lowest BCUT2D eigenvalue weighted by atomic mass is 10.1. The Morgan fingerprint density at radius 1 is 0.964 bits per heavy atom. The molecule has 3 rings (SSSR count). The number of nitrogens with one attached hydrogen (secondary N) is 1. The van der Waals surface area contributed by atoms with E-state index in [1.165, 1.54) is 16.0 Å². The molecule has 0 aliphatic carbocycles. The zero-order chi connectivity index (χ0) is 19.8. The third-order valence-corrected chi connectivity index (χ3v) is 5.96. The summed E-state index contributed by atoms with van der Waals surface area (Å²) >= 11 is 7.96. The van der Waals surface area contributed by atoms with Crippen LogP contribution in [0.2, 0.25) is 5.02 Å². The molecular weight excluding hydrogens is 386 g/mol. The predicted molar refractivity (Wildman–Crippen MR) is 119 cm³/mol. The first-order valence-electron chi connectivity index (χ1n) is 9.42. The highest BCUT2D eigenvalue weighted by Crippen LogP contribution is 2.23. The Bertz CT molecular complexity index is 907. The van der Waals surface area contributed by atoms with Gasteiger partial charge in [-0.05, 0) is 61.2 Å². The van der Waals surface area contributed by atoms with Crippen LogP contribution in [-0.2, 0) is 12.2 Å². The van der Waals surface area contributed by atoms with E-state index in [9.17, 15) is 4.79 Å². The molecule has 0 heterocycles. The summed E-state index contributed by atoms with van der Waals surface area (Å²) in [4.78, 5) is 13.6. The smallest absolute Gasteiger partial charge is 0.251 e. The van der Waals surface area contributed by atoms with E-state index >= 15 is 0 Å². The van der Waals surface area contributed by atoms with Crippen molar-refractivity contribution in [2.45, 2.75) is 30.4 Å². The Morgan fingerprint density at radius 3 is 2.39 bits per heavy atom. The van der Waals surface area contributed by atoms with Crippen molar-refractivity contribution in [2.75, 3.05) is 6.54 Å². The number of halogens is 1. The van der Waals surface area contributed by atoms with Gasteiger partial charge in [0.05, 0.1) is 0 Å². The van der Waals surface area contributed by atoms with E-state index in [0.29, 0.717) is 12.1 Å². The van der Waals surface area contributed by atoms with Gasteiger partial charge in [-0.25, -0.2) is 0 Å². The number of thioether (sulfide) groups is 1. The molecule has 3 aromatic rings. The molecule has 0 saturated carbocycles. The standard InChI is InChI=1S/C24H24ClNOS/c1-18-8-14-22(15-9-18)28-17-19-10-12-21(13-11-19)24(27)26-16-4-6-20-5-2-3-7-23(20)25/h2-3,5,7-15H,4,6,16-17H2,1H3,(H,26,27). The van der Waals surface area contributed by atoms with E-state index in [2.05, 4.69) is 36.5 Å². The molecule has 0 spiro atoms. The molecule has 28 heavy (non-hydrogen) atoms. The quantitative estimate of drug-likeness (QED) is 0.349. The summed E-state index contributed by atoms with van der Waals surface area (Å²) in [7, 11) is 0. The first-order valence-corrected chi connectivity index (χ1v) is 10.8. The van der Waals surface area contributed by atoms with Crippen LogP contribution in [0, 0.1) is 6.92 Å². The van der Waals surface area contributed by atoms with Gasteiger partial charge in [0.15, 0.2) is 0 Å². The maximum Gasteiger partial charge on any atom is 0.251 e. The first-order chi connectivity index (χ1) is 13.6. The minimum Gasteiger partial charge on any atom is -0.352 e. The number of amides is 1. The Kier molecular flexibility index (Phi) is 7.58. The van der Waals surface area contributed by atoms with Crippen molar-refractivity contribution in [3.63, 3.8) is 0 Å². The van der Waals surface area contributed by atoms with E-state index < -0.39 is 0 Å². The summed E-state index contributed by atoms with van der Waals surface area (Å²) in [5.41, 5.74) is 4.29. The normalized spacial score (nSPS) is 10.6. The van der Waals surface area contributed by atoms with Crippen molar-refractivity contribution in [3.05, 3.63) is 100 Å². The van der Waals surface area contributed by atoms with Gasteiger partial charge in [-0.15, -0.1) is 11.8 Å². The van der Waals surface area contributed by atoms with E-state index in [0.717, 1.165) is 29.2 Å². The van der Waals surface area contributed by atoms with Crippen LogP contribution in [0.5, 0.6) is 0 Å². The van der Waals surface area contributed by atoms with E-state index in [1.807, 2.05) is 48.5 Å². The molecular formula is C24H24ClNOS. The first kappa shape index (κ1) is 20.5. The molecule has 1 amide bonds. The Balaban J connectivity index is 1.43. The van der Waals surface area contributed by atoms with Crippen LogP contribution in [0.3, 0.4) is 0 Å². The van der Waals surface area contributed by atoms with Gasteiger partial charge in [-0.1, -0.05) is 59.6 Å². The van der Waals surface area contributed by atoms with E-state index in [1.54, 1.807) is 11.8 Å². The van der Waals surface area contributed by atoms with Crippen molar-refractivity contribution >= 4 is 29.3 Å². The van der Waals surface area contributed by atoms with Crippen LogP contribution in [0.25, 0.3) is 0 Å². The monoisotopic (exact) mass is 409 g/mol. The summed E-state index contributed by atoms with van der Waals surface area (Å²) in [5.74, 6) is 0.861. The van der Waals surface area contributed by atoms with Crippen molar-refractivity contribution in [1.82, 2.24) is 5.32 Å². The number of rotatable bonds is 8. The average molecular weight is 410 g/mol. The summed E-state index contributed by atoms with van der Waals surface area (Å²) in [6.07, 6.45) is 1.72. The van der Waals surface area contributed by atoms with Gasteiger partial charge >= 0.3 is 0 Å². The summed E-state index contributed by atoms with van der Waals surface area (Å²) in [6, 6.07) is 24.2. The Labute approximate surface area is 176 Å². The zero-order valence-corrected chi connectivity index (χ0v) is 17.5. The molecule has 0 aliphatic rings. The Morgan fingerprint density at radius 2 is 1.68 bits per heavy atom. The van der Waals surface area contributed by atoms with Crippen LogP contribution in [0.15, 0.2) is 77.7 Å².